The first kappa shape index (κ1) is 19.3. The van der Waals surface area contributed by atoms with Crippen LogP contribution in [0.25, 0.3) is 0 Å². The van der Waals surface area contributed by atoms with Gasteiger partial charge in [-0.1, -0.05) is 43.0 Å². The summed E-state index contributed by atoms with van der Waals surface area (Å²) in [7, 11) is 0. The average molecular weight is 345 g/mol. The number of benzene rings is 1. The molecule has 1 amide bonds. The number of nitrogens with two attached hydrogens (primary N) is 1. The van der Waals surface area contributed by atoms with Crippen molar-refractivity contribution in [2.24, 2.45) is 11.7 Å². The summed E-state index contributed by atoms with van der Waals surface area (Å²) in [4.78, 5) is 12.0. The van der Waals surface area contributed by atoms with Crippen LogP contribution in [0.15, 0.2) is 24.3 Å². The van der Waals surface area contributed by atoms with Crippen molar-refractivity contribution in [3.8, 4) is 0 Å². The lowest BCUT2D eigenvalue weighted by molar-refractivity contribution is -0.123. The molecule has 22 heavy (non-hydrogen) atoms. The Morgan fingerprint density at radius 1 is 1.27 bits per heavy atom. The number of rotatable bonds is 5. The number of carbonyl (C=O) groups is 1. The van der Waals surface area contributed by atoms with Gasteiger partial charge in [0.05, 0.1) is 6.04 Å². The summed E-state index contributed by atoms with van der Waals surface area (Å²) in [5, 5.41) is 3.90. The van der Waals surface area contributed by atoms with Gasteiger partial charge in [-0.2, -0.15) is 0 Å². The number of amides is 1. The van der Waals surface area contributed by atoms with Gasteiger partial charge in [0.2, 0.25) is 5.91 Å². The van der Waals surface area contributed by atoms with Gasteiger partial charge in [-0.3, -0.25) is 4.79 Å². The molecular formula is C17H26Cl2N2O. The Kier molecular flexibility index (Phi) is 8.23. The molecule has 1 unspecified atom stereocenters. The molecule has 3 N–H and O–H groups in total. The summed E-state index contributed by atoms with van der Waals surface area (Å²) in [6.07, 6.45) is 7.06. The maximum Gasteiger partial charge on any atom is 0.236 e. The number of nitrogens with one attached hydrogen (secondary N) is 1. The quantitative estimate of drug-likeness (QED) is 0.855. The van der Waals surface area contributed by atoms with E-state index >= 15 is 0 Å². The van der Waals surface area contributed by atoms with Crippen LogP contribution in [0.3, 0.4) is 0 Å². The van der Waals surface area contributed by atoms with E-state index in [-0.39, 0.29) is 24.4 Å². The van der Waals surface area contributed by atoms with Gasteiger partial charge in [0.25, 0.3) is 0 Å². The highest BCUT2D eigenvalue weighted by Gasteiger charge is 2.26. The predicted octanol–water partition coefficient (Wildman–Crippen LogP) is 3.72. The highest BCUT2D eigenvalue weighted by Crippen LogP contribution is 2.28. The van der Waals surface area contributed by atoms with Gasteiger partial charge in [0.1, 0.15) is 0 Å². The van der Waals surface area contributed by atoms with Crippen LogP contribution in [0, 0.1) is 5.92 Å². The maximum atomic E-state index is 12.0. The van der Waals surface area contributed by atoms with Crippen molar-refractivity contribution in [1.82, 2.24) is 5.32 Å². The van der Waals surface area contributed by atoms with Gasteiger partial charge < -0.3 is 11.1 Å². The lowest BCUT2D eigenvalue weighted by Crippen LogP contribution is -2.48. The summed E-state index contributed by atoms with van der Waals surface area (Å²) in [5.41, 5.74) is 6.91. The molecule has 0 radical (unpaired) electrons. The van der Waals surface area contributed by atoms with Crippen LogP contribution >= 0.6 is 24.0 Å². The summed E-state index contributed by atoms with van der Waals surface area (Å²) in [6, 6.07) is 7.60. The van der Waals surface area contributed by atoms with Crippen LogP contribution in [0.5, 0.6) is 0 Å². The second-order valence-electron chi connectivity index (χ2n) is 6.13. The van der Waals surface area contributed by atoms with Crippen molar-refractivity contribution < 1.29 is 4.79 Å². The molecule has 0 aliphatic heterocycles. The van der Waals surface area contributed by atoms with Crippen molar-refractivity contribution in [2.75, 3.05) is 0 Å². The van der Waals surface area contributed by atoms with E-state index in [0.717, 1.165) is 11.4 Å². The Labute approximate surface area is 144 Å². The highest BCUT2D eigenvalue weighted by molar-refractivity contribution is 6.30. The van der Waals surface area contributed by atoms with Crippen LogP contribution in [-0.4, -0.2) is 18.0 Å². The second kappa shape index (κ2) is 9.39. The van der Waals surface area contributed by atoms with E-state index in [1.54, 1.807) is 6.92 Å². The van der Waals surface area contributed by atoms with E-state index in [0.29, 0.717) is 5.92 Å². The molecule has 3 nitrogen and oxygen atoms in total. The molecule has 1 aliphatic rings. The van der Waals surface area contributed by atoms with Gasteiger partial charge in [-0.05, 0) is 49.8 Å². The summed E-state index contributed by atoms with van der Waals surface area (Å²) < 4.78 is 0. The van der Waals surface area contributed by atoms with E-state index in [4.69, 9.17) is 17.3 Å². The molecule has 2 rings (SSSR count). The Balaban J connectivity index is 0.00000242. The van der Waals surface area contributed by atoms with Gasteiger partial charge in [0, 0.05) is 11.1 Å². The van der Waals surface area contributed by atoms with E-state index < -0.39 is 6.04 Å². The van der Waals surface area contributed by atoms with Crippen LogP contribution in [0.1, 0.15) is 44.6 Å². The van der Waals surface area contributed by atoms with E-state index in [2.05, 4.69) is 5.32 Å². The lowest BCUT2D eigenvalue weighted by atomic mass is 9.81. The van der Waals surface area contributed by atoms with Crippen LogP contribution in [-0.2, 0) is 11.2 Å². The zero-order chi connectivity index (χ0) is 15.2. The number of hydrogen-bond donors (Lipinski definition) is 2. The smallest absolute Gasteiger partial charge is 0.236 e. The molecule has 0 aromatic heterocycles. The van der Waals surface area contributed by atoms with Crippen LogP contribution in [0.2, 0.25) is 5.02 Å². The number of halogens is 2. The average Bonchev–Trinajstić information content (AvgIpc) is 2.49. The first-order chi connectivity index (χ1) is 10.1. The maximum absolute atomic E-state index is 12.0. The molecule has 2 atom stereocenters. The van der Waals surface area contributed by atoms with Crippen LogP contribution < -0.4 is 11.1 Å². The van der Waals surface area contributed by atoms with E-state index in [9.17, 15) is 4.79 Å². The molecule has 1 fully saturated rings. The lowest BCUT2D eigenvalue weighted by Gasteiger charge is -2.31. The molecular weight excluding hydrogens is 319 g/mol. The van der Waals surface area contributed by atoms with Crippen LogP contribution in [0.4, 0.5) is 0 Å². The first-order valence-corrected chi connectivity index (χ1v) is 8.24. The molecule has 124 valence electrons. The minimum atomic E-state index is -0.457. The van der Waals surface area contributed by atoms with Crippen molar-refractivity contribution in [1.29, 1.82) is 0 Å². The van der Waals surface area contributed by atoms with E-state index in [1.165, 1.54) is 37.7 Å². The fourth-order valence-electron chi connectivity index (χ4n) is 3.06. The fourth-order valence-corrected chi connectivity index (χ4v) is 3.19. The van der Waals surface area contributed by atoms with Gasteiger partial charge in [-0.15, -0.1) is 12.4 Å². The summed E-state index contributed by atoms with van der Waals surface area (Å²) in [5.74, 6) is 0.497. The minimum absolute atomic E-state index is 0. The SMILES string of the molecule is C[C@@H](N)C(=O)NC(Cc1ccc(Cl)cc1)C1CCCCC1.Cl. The largest absolute Gasteiger partial charge is 0.351 e. The monoisotopic (exact) mass is 344 g/mol. The highest BCUT2D eigenvalue weighted by atomic mass is 35.5. The van der Waals surface area contributed by atoms with Gasteiger partial charge >= 0.3 is 0 Å². The van der Waals surface area contributed by atoms with Gasteiger partial charge in [0.15, 0.2) is 0 Å². The van der Waals surface area contributed by atoms with Crippen molar-refractivity contribution in [3.05, 3.63) is 34.9 Å². The molecule has 0 spiro atoms. The molecule has 5 heteroatoms. The molecule has 0 heterocycles. The zero-order valence-corrected chi connectivity index (χ0v) is 14.6. The molecule has 1 aliphatic carbocycles. The predicted molar refractivity (Wildman–Crippen MR) is 94.6 cm³/mol. The molecule has 0 saturated heterocycles. The first-order valence-electron chi connectivity index (χ1n) is 7.86. The minimum Gasteiger partial charge on any atom is -0.351 e. The summed E-state index contributed by atoms with van der Waals surface area (Å²) >= 11 is 5.94. The Bertz CT molecular complexity index is 456. The van der Waals surface area contributed by atoms with Crippen molar-refractivity contribution >= 4 is 29.9 Å². The normalized spacial score (nSPS) is 18.1. The topological polar surface area (TPSA) is 55.1 Å². The number of hydrogen-bond acceptors (Lipinski definition) is 2. The third-order valence-electron chi connectivity index (χ3n) is 4.33. The third kappa shape index (κ3) is 5.79. The Hall–Kier alpha value is -0.770. The third-order valence-corrected chi connectivity index (χ3v) is 4.58. The molecule has 1 saturated carbocycles. The summed E-state index contributed by atoms with van der Waals surface area (Å²) in [6.45, 7) is 1.73. The second-order valence-corrected chi connectivity index (χ2v) is 6.57. The zero-order valence-electron chi connectivity index (χ0n) is 13.1. The standard InChI is InChI=1S/C17H25ClN2O.ClH/c1-12(19)17(21)20-16(14-5-3-2-4-6-14)11-13-7-9-15(18)10-8-13;/h7-10,12,14,16H,2-6,11,19H2,1H3,(H,20,21);1H/t12-,16?;/m1./s1. The molecule has 1 aromatic carbocycles. The van der Waals surface area contributed by atoms with E-state index in [1.807, 2.05) is 24.3 Å². The fraction of sp³-hybridized carbons (Fsp3) is 0.588. The number of carbonyl (C=O) groups excluding carboxylic acids is 1. The van der Waals surface area contributed by atoms with Crippen molar-refractivity contribution in [2.45, 2.75) is 57.5 Å². The Morgan fingerprint density at radius 2 is 1.86 bits per heavy atom. The Morgan fingerprint density at radius 3 is 2.41 bits per heavy atom. The molecule has 1 aromatic rings. The molecule has 0 bridgehead atoms. The van der Waals surface area contributed by atoms with Crippen molar-refractivity contribution in [3.63, 3.8) is 0 Å². The van der Waals surface area contributed by atoms with Gasteiger partial charge in [-0.25, -0.2) is 0 Å².